The number of rotatable bonds is 6. The van der Waals surface area contributed by atoms with Gasteiger partial charge in [-0.05, 0) is 29.4 Å². The van der Waals surface area contributed by atoms with Gasteiger partial charge in [-0.1, -0.05) is 52.0 Å². The summed E-state index contributed by atoms with van der Waals surface area (Å²) >= 11 is 0. The highest BCUT2D eigenvalue weighted by Gasteiger charge is 2.13. The summed E-state index contributed by atoms with van der Waals surface area (Å²) in [5.74, 6) is 0. The van der Waals surface area contributed by atoms with Crippen molar-refractivity contribution in [3.8, 4) is 0 Å². The van der Waals surface area contributed by atoms with E-state index in [0.717, 1.165) is 19.5 Å². The highest BCUT2D eigenvalue weighted by atomic mass is 14.9. The lowest BCUT2D eigenvalue weighted by molar-refractivity contribution is 0.327. The van der Waals surface area contributed by atoms with Crippen LogP contribution in [-0.4, -0.2) is 6.54 Å². The molecule has 1 heteroatoms. The summed E-state index contributed by atoms with van der Waals surface area (Å²) in [5.41, 5.74) is 3.31. The van der Waals surface area contributed by atoms with E-state index in [0.29, 0.717) is 5.41 Å². The van der Waals surface area contributed by atoms with E-state index in [9.17, 15) is 0 Å². The molecule has 1 N–H and O–H groups in total. The maximum Gasteiger partial charge on any atom is 0.0208 e. The maximum atomic E-state index is 3.57. The van der Waals surface area contributed by atoms with Crippen molar-refractivity contribution >= 4 is 0 Å². The molecule has 1 aromatic carbocycles. The first-order valence-corrected chi connectivity index (χ1v) is 6.36. The summed E-state index contributed by atoms with van der Waals surface area (Å²) in [5, 5.41) is 3.57. The number of aryl methyl sites for hydroxylation is 1. The fourth-order valence-corrected chi connectivity index (χ4v) is 1.74. The Morgan fingerprint density at radius 2 is 1.69 bits per heavy atom. The first-order chi connectivity index (χ1) is 7.59. The van der Waals surface area contributed by atoms with Crippen molar-refractivity contribution in [1.82, 2.24) is 5.32 Å². The van der Waals surface area contributed by atoms with E-state index < -0.39 is 0 Å². The predicted octanol–water partition coefficient (Wildman–Crippen LogP) is 3.77. The van der Waals surface area contributed by atoms with Gasteiger partial charge in [-0.2, -0.15) is 0 Å². The van der Waals surface area contributed by atoms with Crippen LogP contribution in [0.1, 0.15) is 45.2 Å². The molecule has 0 fully saturated rings. The molecule has 0 aliphatic carbocycles. The van der Waals surface area contributed by atoms with Crippen LogP contribution in [0.3, 0.4) is 0 Å². The molecular weight excluding hydrogens is 194 g/mol. The molecule has 0 saturated carbocycles. The summed E-state index contributed by atoms with van der Waals surface area (Å²) < 4.78 is 0. The maximum absolute atomic E-state index is 3.57. The molecule has 0 spiro atoms. The van der Waals surface area contributed by atoms with Crippen molar-refractivity contribution < 1.29 is 0 Å². The Morgan fingerprint density at radius 3 is 2.25 bits per heavy atom. The van der Waals surface area contributed by atoms with Gasteiger partial charge in [-0.15, -0.1) is 0 Å². The molecule has 1 rings (SSSR count). The van der Waals surface area contributed by atoms with Gasteiger partial charge in [0.15, 0.2) is 0 Å². The molecule has 1 nitrogen and oxygen atoms in total. The number of benzene rings is 1. The highest BCUT2D eigenvalue weighted by Crippen LogP contribution is 2.18. The monoisotopic (exact) mass is 219 g/mol. The van der Waals surface area contributed by atoms with Gasteiger partial charge in [0, 0.05) is 13.1 Å². The van der Waals surface area contributed by atoms with Crippen molar-refractivity contribution in [1.29, 1.82) is 0 Å². The molecule has 0 heterocycles. The molecule has 0 aromatic heterocycles. The number of hydrogen-bond donors (Lipinski definition) is 1. The van der Waals surface area contributed by atoms with Gasteiger partial charge in [-0.25, -0.2) is 0 Å². The van der Waals surface area contributed by atoms with E-state index in [1.165, 1.54) is 17.5 Å². The van der Waals surface area contributed by atoms with Crippen LogP contribution in [0.25, 0.3) is 0 Å². The zero-order valence-electron chi connectivity index (χ0n) is 11.1. The van der Waals surface area contributed by atoms with Gasteiger partial charge in [0.05, 0.1) is 0 Å². The van der Waals surface area contributed by atoms with Crippen molar-refractivity contribution in [3.05, 3.63) is 35.4 Å². The summed E-state index contributed by atoms with van der Waals surface area (Å²) in [6.45, 7) is 11.2. The number of nitrogens with one attached hydrogen (secondary N) is 1. The van der Waals surface area contributed by atoms with Gasteiger partial charge in [-0.3, -0.25) is 0 Å². The van der Waals surface area contributed by atoms with E-state index in [4.69, 9.17) is 0 Å². The Kier molecular flexibility index (Phi) is 5.01. The zero-order valence-corrected chi connectivity index (χ0v) is 11.1. The molecule has 90 valence electrons. The second kappa shape index (κ2) is 6.05. The van der Waals surface area contributed by atoms with Crippen LogP contribution in [0, 0.1) is 5.41 Å². The average molecular weight is 219 g/mol. The lowest BCUT2D eigenvalue weighted by Crippen LogP contribution is -2.28. The predicted molar refractivity (Wildman–Crippen MR) is 71.6 cm³/mol. The van der Waals surface area contributed by atoms with Crippen molar-refractivity contribution in [3.63, 3.8) is 0 Å². The van der Waals surface area contributed by atoms with Gasteiger partial charge in [0.25, 0.3) is 0 Å². The second-order valence-corrected chi connectivity index (χ2v) is 5.24. The van der Waals surface area contributed by atoms with Crippen LogP contribution in [0.4, 0.5) is 0 Å². The highest BCUT2D eigenvalue weighted by molar-refractivity contribution is 5.26. The molecule has 0 atom stereocenters. The van der Waals surface area contributed by atoms with Crippen LogP contribution < -0.4 is 5.32 Å². The lowest BCUT2D eigenvalue weighted by Gasteiger charge is -2.23. The van der Waals surface area contributed by atoms with Gasteiger partial charge in [0.2, 0.25) is 0 Å². The van der Waals surface area contributed by atoms with Crippen LogP contribution in [0.5, 0.6) is 0 Å². The Bertz CT molecular complexity index is 315. The van der Waals surface area contributed by atoms with Crippen LogP contribution in [0.2, 0.25) is 0 Å². The molecule has 0 aliphatic heterocycles. The fourth-order valence-electron chi connectivity index (χ4n) is 1.74. The molecule has 0 radical (unpaired) electrons. The lowest BCUT2D eigenvalue weighted by atomic mass is 9.90. The third-order valence-electron chi connectivity index (χ3n) is 3.38. The van der Waals surface area contributed by atoms with E-state index in [1.807, 2.05) is 0 Å². The first kappa shape index (κ1) is 13.2. The van der Waals surface area contributed by atoms with Crippen LogP contribution in [-0.2, 0) is 13.0 Å². The third-order valence-corrected chi connectivity index (χ3v) is 3.38. The molecule has 0 aliphatic rings. The SMILES string of the molecule is CCc1ccccc1CNCC(C)(C)CC. The molecule has 0 unspecified atom stereocenters. The minimum Gasteiger partial charge on any atom is -0.312 e. The minimum atomic E-state index is 0.404. The zero-order chi connectivity index (χ0) is 12.0. The minimum absolute atomic E-state index is 0.404. The van der Waals surface area contributed by atoms with E-state index >= 15 is 0 Å². The summed E-state index contributed by atoms with van der Waals surface area (Å²) in [4.78, 5) is 0. The first-order valence-electron chi connectivity index (χ1n) is 6.36. The van der Waals surface area contributed by atoms with Gasteiger partial charge in [0.1, 0.15) is 0 Å². The summed E-state index contributed by atoms with van der Waals surface area (Å²) in [6.07, 6.45) is 2.34. The van der Waals surface area contributed by atoms with Gasteiger partial charge >= 0.3 is 0 Å². The smallest absolute Gasteiger partial charge is 0.0208 e. The van der Waals surface area contributed by atoms with Gasteiger partial charge < -0.3 is 5.32 Å². The fraction of sp³-hybridized carbons (Fsp3) is 0.600. The quantitative estimate of drug-likeness (QED) is 0.768. The molecule has 0 saturated heterocycles. The standard InChI is InChI=1S/C15H25N/c1-5-13-9-7-8-10-14(13)11-16-12-15(3,4)6-2/h7-10,16H,5-6,11-12H2,1-4H3. The second-order valence-electron chi connectivity index (χ2n) is 5.24. The van der Waals surface area contributed by atoms with Crippen molar-refractivity contribution in [2.45, 2.75) is 47.1 Å². The average Bonchev–Trinajstić information content (AvgIpc) is 2.29. The molecule has 16 heavy (non-hydrogen) atoms. The Balaban J connectivity index is 2.49. The topological polar surface area (TPSA) is 12.0 Å². The van der Waals surface area contributed by atoms with E-state index in [1.54, 1.807) is 0 Å². The molecule has 0 bridgehead atoms. The van der Waals surface area contributed by atoms with E-state index in [2.05, 4.69) is 57.3 Å². The Hall–Kier alpha value is -0.820. The van der Waals surface area contributed by atoms with E-state index in [-0.39, 0.29) is 0 Å². The third kappa shape index (κ3) is 3.97. The summed E-state index contributed by atoms with van der Waals surface area (Å²) in [6, 6.07) is 8.70. The van der Waals surface area contributed by atoms with Crippen LogP contribution >= 0.6 is 0 Å². The Labute approximate surface area is 100 Å². The van der Waals surface area contributed by atoms with Crippen LogP contribution in [0.15, 0.2) is 24.3 Å². The Morgan fingerprint density at radius 1 is 1.06 bits per heavy atom. The number of hydrogen-bond acceptors (Lipinski definition) is 1. The normalized spacial score (nSPS) is 11.8. The van der Waals surface area contributed by atoms with Crippen molar-refractivity contribution in [2.75, 3.05) is 6.54 Å². The molecule has 1 aromatic rings. The molecular formula is C15H25N. The summed E-state index contributed by atoms with van der Waals surface area (Å²) in [7, 11) is 0. The van der Waals surface area contributed by atoms with Crippen molar-refractivity contribution in [2.24, 2.45) is 5.41 Å². The largest absolute Gasteiger partial charge is 0.312 e. The molecule has 0 amide bonds.